The third kappa shape index (κ3) is 5.28. The molecular weight excluding hydrogens is 574 g/mol. The molecule has 5 aliphatic heterocycles. The normalized spacial score (nSPS) is 26.7. The summed E-state index contributed by atoms with van der Waals surface area (Å²) in [7, 11) is 3.30. The van der Waals surface area contributed by atoms with Gasteiger partial charge in [0.25, 0.3) is 0 Å². The SMILES string of the molecule is COc1nc2c(c(N3C4CNCC3COC4)n1)SN(C)C(c1cc(O)cc3ccccc13)=C2F.FC1CC2CCCN2C1. The van der Waals surface area contributed by atoms with E-state index in [-0.39, 0.29) is 29.5 Å². The average molecular weight is 611 g/mol. The molecule has 0 amide bonds. The zero-order valence-corrected chi connectivity index (χ0v) is 25.1. The van der Waals surface area contributed by atoms with Crippen LogP contribution in [-0.4, -0.2) is 102 Å². The highest BCUT2D eigenvalue weighted by Gasteiger charge is 2.40. The third-order valence-corrected chi connectivity index (χ3v) is 9.96. The van der Waals surface area contributed by atoms with Gasteiger partial charge in [0.2, 0.25) is 0 Å². The van der Waals surface area contributed by atoms with Crippen LogP contribution in [0, 0.1) is 0 Å². The van der Waals surface area contributed by atoms with Crippen LogP contribution in [0.2, 0.25) is 0 Å². The Hall–Kier alpha value is -3.19. The predicted octanol–water partition coefficient (Wildman–Crippen LogP) is 4.46. The summed E-state index contributed by atoms with van der Waals surface area (Å²) < 4.78 is 41.9. The smallest absolute Gasteiger partial charge is 0.318 e. The van der Waals surface area contributed by atoms with E-state index in [1.165, 1.54) is 31.9 Å². The Bertz CT molecular complexity index is 1530. The first-order valence-corrected chi connectivity index (χ1v) is 15.6. The summed E-state index contributed by atoms with van der Waals surface area (Å²) in [6.45, 7) is 4.53. The Balaban J connectivity index is 0.000000283. The number of nitrogens with one attached hydrogen (secondary N) is 1. The van der Waals surface area contributed by atoms with Crippen molar-refractivity contribution < 1.29 is 23.4 Å². The lowest BCUT2D eigenvalue weighted by Crippen LogP contribution is -2.64. The van der Waals surface area contributed by atoms with Crippen molar-refractivity contribution in [2.45, 2.75) is 48.5 Å². The summed E-state index contributed by atoms with van der Waals surface area (Å²) in [5.41, 5.74) is 1.14. The molecule has 12 heteroatoms. The highest BCUT2D eigenvalue weighted by Crippen LogP contribution is 2.49. The number of aromatic hydroxyl groups is 1. The zero-order valence-electron chi connectivity index (χ0n) is 24.3. The van der Waals surface area contributed by atoms with Crippen molar-refractivity contribution in [2.24, 2.45) is 0 Å². The lowest BCUT2D eigenvalue weighted by atomic mass is 10.00. The van der Waals surface area contributed by atoms with Crippen LogP contribution in [0.3, 0.4) is 0 Å². The maximum absolute atomic E-state index is 16.3. The fraction of sp³-hybridized carbons (Fsp3) is 0.484. The van der Waals surface area contributed by atoms with E-state index in [2.05, 4.69) is 25.1 Å². The van der Waals surface area contributed by atoms with Crippen molar-refractivity contribution in [3.8, 4) is 11.8 Å². The average Bonchev–Trinajstić information content (AvgIpc) is 3.57. The number of nitrogens with zero attached hydrogens (tertiary/aromatic N) is 5. The first-order valence-electron chi connectivity index (χ1n) is 14.9. The van der Waals surface area contributed by atoms with Crippen molar-refractivity contribution in [3.05, 3.63) is 47.7 Å². The summed E-state index contributed by atoms with van der Waals surface area (Å²) in [6, 6.07) is 11.8. The fourth-order valence-electron chi connectivity index (χ4n) is 7.03. The standard InChI is InChI=1S/C24H24FN5O3S.C7H12FN/c1-29-21(18-8-16(31)7-13-5-3-4-6-17(13)18)19(25)20-22(34-29)23(28-24(27-20)32-2)30-14-9-26-10-15(30)12-33-11-14;8-6-4-7-2-1-3-9(7)5-6/h3-8,14-15,26,31H,9-12H2,1-2H3;6-7H,1-5H2. The van der Waals surface area contributed by atoms with Gasteiger partial charge in [0, 0.05) is 38.3 Å². The van der Waals surface area contributed by atoms with E-state index in [0.717, 1.165) is 36.8 Å². The quantitative estimate of drug-likeness (QED) is 0.415. The number of halogens is 2. The zero-order chi connectivity index (χ0) is 29.7. The molecule has 6 heterocycles. The fourth-order valence-corrected chi connectivity index (χ4v) is 8.03. The monoisotopic (exact) mass is 610 g/mol. The van der Waals surface area contributed by atoms with E-state index in [9.17, 15) is 9.50 Å². The molecule has 2 N–H and O–H groups in total. The van der Waals surface area contributed by atoms with Crippen LogP contribution in [0.4, 0.5) is 14.6 Å². The Morgan fingerprint density at radius 3 is 2.67 bits per heavy atom. The largest absolute Gasteiger partial charge is 0.508 e. The number of piperazine rings is 1. The summed E-state index contributed by atoms with van der Waals surface area (Å²) >= 11 is 1.38. The molecule has 2 bridgehead atoms. The van der Waals surface area contributed by atoms with E-state index in [1.807, 2.05) is 31.3 Å². The highest BCUT2D eigenvalue weighted by molar-refractivity contribution is 7.97. The molecule has 2 aromatic carbocycles. The van der Waals surface area contributed by atoms with Gasteiger partial charge in [0.15, 0.2) is 11.6 Å². The van der Waals surface area contributed by atoms with Crippen molar-refractivity contribution in [2.75, 3.05) is 58.5 Å². The Kier molecular flexibility index (Phi) is 7.79. The molecule has 5 aliphatic rings. The van der Waals surface area contributed by atoms with Crippen LogP contribution in [0.5, 0.6) is 11.8 Å². The predicted molar refractivity (Wildman–Crippen MR) is 164 cm³/mol. The van der Waals surface area contributed by atoms with Gasteiger partial charge in [-0.25, -0.2) is 8.78 Å². The number of ether oxygens (including phenoxy) is 2. The van der Waals surface area contributed by atoms with Gasteiger partial charge < -0.3 is 29.1 Å². The van der Waals surface area contributed by atoms with Crippen LogP contribution in [0.1, 0.15) is 30.5 Å². The minimum absolute atomic E-state index is 0.0767. The number of rotatable bonds is 3. The van der Waals surface area contributed by atoms with Crippen LogP contribution in [-0.2, 0) is 4.74 Å². The number of anilines is 1. The maximum atomic E-state index is 16.3. The number of hydrogen-bond donors (Lipinski definition) is 2. The van der Waals surface area contributed by atoms with E-state index in [0.29, 0.717) is 47.8 Å². The van der Waals surface area contributed by atoms with Gasteiger partial charge in [0.05, 0.1) is 38.1 Å². The lowest BCUT2D eigenvalue weighted by molar-refractivity contribution is 0.0518. The van der Waals surface area contributed by atoms with Gasteiger partial charge in [-0.05, 0) is 60.7 Å². The number of methoxy groups -OCH3 is 1. The van der Waals surface area contributed by atoms with Gasteiger partial charge in [-0.2, -0.15) is 9.97 Å². The number of aromatic nitrogens is 2. The Morgan fingerprint density at radius 1 is 1.12 bits per heavy atom. The molecule has 1 aromatic heterocycles. The maximum Gasteiger partial charge on any atom is 0.318 e. The van der Waals surface area contributed by atoms with E-state index >= 15 is 4.39 Å². The van der Waals surface area contributed by atoms with Crippen LogP contribution >= 0.6 is 11.9 Å². The number of fused-ring (bicyclic) bond motifs is 5. The van der Waals surface area contributed by atoms with Crippen LogP contribution < -0.4 is 15.0 Å². The topological polar surface area (TPSA) is 86.2 Å². The second-order valence-corrected chi connectivity index (χ2v) is 12.9. The first kappa shape index (κ1) is 28.6. The molecule has 0 saturated carbocycles. The van der Waals surface area contributed by atoms with Gasteiger partial charge >= 0.3 is 6.01 Å². The molecule has 228 valence electrons. The van der Waals surface area contributed by atoms with Crippen molar-refractivity contribution in [1.82, 2.24) is 24.5 Å². The lowest BCUT2D eigenvalue weighted by Gasteiger charge is -2.47. The number of benzene rings is 2. The number of phenols is 1. The van der Waals surface area contributed by atoms with Gasteiger partial charge in [-0.1, -0.05) is 24.3 Å². The molecule has 4 unspecified atom stereocenters. The second kappa shape index (κ2) is 11.7. The number of hydrogen-bond acceptors (Lipinski definition) is 10. The minimum Gasteiger partial charge on any atom is -0.508 e. The van der Waals surface area contributed by atoms with E-state index in [1.54, 1.807) is 16.4 Å². The molecule has 9 nitrogen and oxygen atoms in total. The first-order chi connectivity index (χ1) is 20.9. The second-order valence-electron chi connectivity index (χ2n) is 11.7. The van der Waals surface area contributed by atoms with Gasteiger partial charge in [-0.3, -0.25) is 4.90 Å². The molecule has 3 aromatic rings. The molecule has 4 atom stereocenters. The van der Waals surface area contributed by atoms with E-state index < -0.39 is 12.0 Å². The molecule has 0 aliphatic carbocycles. The third-order valence-electron chi connectivity index (χ3n) is 8.94. The Morgan fingerprint density at radius 2 is 1.91 bits per heavy atom. The van der Waals surface area contributed by atoms with E-state index in [4.69, 9.17) is 9.47 Å². The molecular formula is C31H36F2N6O3S. The summed E-state index contributed by atoms with van der Waals surface area (Å²) in [5, 5.41) is 15.5. The molecule has 4 fully saturated rings. The van der Waals surface area contributed by atoms with Crippen LogP contribution in [0.15, 0.2) is 41.3 Å². The Labute approximate surface area is 254 Å². The number of phenolic OH excluding ortho intramolecular Hbond substituents is 1. The summed E-state index contributed by atoms with van der Waals surface area (Å²) in [4.78, 5) is 14.3. The molecule has 8 rings (SSSR count). The molecule has 43 heavy (non-hydrogen) atoms. The number of alkyl halides is 1. The number of morpholine rings is 1. The van der Waals surface area contributed by atoms with Crippen molar-refractivity contribution in [1.29, 1.82) is 0 Å². The molecule has 0 spiro atoms. The summed E-state index contributed by atoms with van der Waals surface area (Å²) in [6.07, 6.45) is 2.81. The molecule has 0 radical (unpaired) electrons. The minimum atomic E-state index is -0.518. The van der Waals surface area contributed by atoms with Crippen molar-refractivity contribution in [3.63, 3.8) is 0 Å². The highest BCUT2D eigenvalue weighted by atomic mass is 32.2. The van der Waals surface area contributed by atoms with Crippen molar-refractivity contribution >= 4 is 40.1 Å². The molecule has 4 saturated heterocycles. The van der Waals surface area contributed by atoms with Gasteiger partial charge in [-0.15, -0.1) is 0 Å². The van der Waals surface area contributed by atoms with Crippen LogP contribution in [0.25, 0.3) is 22.3 Å². The van der Waals surface area contributed by atoms with Gasteiger partial charge in [0.1, 0.15) is 22.5 Å². The summed E-state index contributed by atoms with van der Waals surface area (Å²) in [5.74, 6) is 0.256.